The second-order valence-electron chi connectivity index (χ2n) is 3.98. The third-order valence-corrected chi connectivity index (χ3v) is 2.68. The molecule has 2 aromatic rings. The minimum Gasteiger partial charge on any atom is -0.465 e. The van der Waals surface area contributed by atoms with E-state index in [4.69, 9.17) is 0 Å². The molecule has 2 rings (SSSR count). The Morgan fingerprint density at radius 3 is 2.30 bits per heavy atom. The maximum atomic E-state index is 14.1. The number of rotatable bonds is 3. The molecular weight excluding hydrogens is 261 g/mol. The highest BCUT2D eigenvalue weighted by atomic mass is 19.1. The van der Waals surface area contributed by atoms with E-state index in [9.17, 15) is 14.0 Å². The van der Waals surface area contributed by atoms with Gasteiger partial charge in [-0.2, -0.15) is 0 Å². The van der Waals surface area contributed by atoms with Crippen LogP contribution in [0.25, 0.3) is 0 Å². The first-order valence-electron chi connectivity index (χ1n) is 5.86. The summed E-state index contributed by atoms with van der Waals surface area (Å²) in [5.41, 5.74) is 0.0605. The molecule has 0 aliphatic carbocycles. The molecular formula is C15H12FNO3. The van der Waals surface area contributed by atoms with Crippen LogP contribution in [-0.4, -0.2) is 19.0 Å². The highest BCUT2D eigenvalue weighted by molar-refractivity contribution is 6.06. The van der Waals surface area contributed by atoms with Crippen LogP contribution in [0.5, 0.6) is 0 Å². The number of methoxy groups -OCH3 is 1. The largest absolute Gasteiger partial charge is 0.465 e. The lowest BCUT2D eigenvalue weighted by atomic mass is 10.1. The number of hydrogen-bond acceptors (Lipinski definition) is 3. The summed E-state index contributed by atoms with van der Waals surface area (Å²) >= 11 is 0. The number of anilines is 1. The third-order valence-electron chi connectivity index (χ3n) is 2.68. The molecule has 0 heterocycles. The van der Waals surface area contributed by atoms with E-state index in [2.05, 4.69) is 10.1 Å². The van der Waals surface area contributed by atoms with Gasteiger partial charge in [0.25, 0.3) is 5.91 Å². The molecule has 0 fully saturated rings. The van der Waals surface area contributed by atoms with Gasteiger partial charge in [0.1, 0.15) is 5.82 Å². The van der Waals surface area contributed by atoms with Crippen LogP contribution < -0.4 is 5.32 Å². The molecule has 0 bridgehead atoms. The lowest BCUT2D eigenvalue weighted by molar-refractivity contribution is 0.0595. The minimum absolute atomic E-state index is 0.211. The van der Waals surface area contributed by atoms with Crippen LogP contribution >= 0.6 is 0 Å². The summed E-state index contributed by atoms with van der Waals surface area (Å²) in [5.74, 6) is -2.34. The van der Waals surface area contributed by atoms with Gasteiger partial charge in [-0.05, 0) is 24.3 Å². The summed E-state index contributed by atoms with van der Waals surface area (Å²) in [6.07, 6.45) is 0. The van der Waals surface area contributed by atoms with Crippen LogP contribution in [0.1, 0.15) is 20.7 Å². The normalized spacial score (nSPS) is 9.90. The first-order chi connectivity index (χ1) is 9.63. The Kier molecular flexibility index (Phi) is 4.10. The maximum absolute atomic E-state index is 14.1. The van der Waals surface area contributed by atoms with Gasteiger partial charge in [0.2, 0.25) is 0 Å². The third kappa shape index (κ3) is 2.83. The van der Waals surface area contributed by atoms with E-state index < -0.39 is 17.7 Å². The number of para-hydroxylation sites is 1. The monoisotopic (exact) mass is 273 g/mol. The minimum atomic E-state index is -0.896. The number of esters is 1. The van der Waals surface area contributed by atoms with Crippen LogP contribution in [0, 0.1) is 5.82 Å². The molecule has 0 radical (unpaired) electrons. The van der Waals surface area contributed by atoms with Crippen molar-refractivity contribution in [2.75, 3.05) is 12.4 Å². The van der Waals surface area contributed by atoms with Crippen LogP contribution in [0.3, 0.4) is 0 Å². The van der Waals surface area contributed by atoms with Gasteiger partial charge in [-0.3, -0.25) is 4.79 Å². The highest BCUT2D eigenvalue weighted by Crippen LogP contribution is 2.16. The van der Waals surface area contributed by atoms with Crippen LogP contribution in [-0.2, 0) is 4.74 Å². The molecule has 0 unspecified atom stereocenters. The van der Waals surface area contributed by atoms with Gasteiger partial charge in [-0.1, -0.05) is 24.3 Å². The van der Waals surface area contributed by atoms with E-state index in [0.717, 1.165) is 7.11 Å². The van der Waals surface area contributed by atoms with Crippen molar-refractivity contribution in [2.45, 2.75) is 0 Å². The second-order valence-corrected chi connectivity index (χ2v) is 3.98. The molecule has 20 heavy (non-hydrogen) atoms. The predicted molar refractivity (Wildman–Crippen MR) is 72.1 cm³/mol. The molecule has 1 N–H and O–H groups in total. The highest BCUT2D eigenvalue weighted by Gasteiger charge is 2.19. The number of carbonyl (C=O) groups excluding carboxylic acids is 2. The Morgan fingerprint density at radius 1 is 1.00 bits per heavy atom. The Labute approximate surface area is 115 Å². The molecule has 5 heteroatoms. The smallest absolute Gasteiger partial charge is 0.340 e. The van der Waals surface area contributed by atoms with Crippen LogP contribution in [0.4, 0.5) is 10.1 Å². The van der Waals surface area contributed by atoms with Gasteiger partial charge in [0.05, 0.1) is 18.2 Å². The zero-order chi connectivity index (χ0) is 14.5. The summed E-state index contributed by atoms with van der Waals surface area (Å²) in [6, 6.07) is 12.7. The molecule has 0 aliphatic rings. The topological polar surface area (TPSA) is 55.4 Å². The Morgan fingerprint density at radius 2 is 1.65 bits per heavy atom. The van der Waals surface area contributed by atoms with Crippen molar-refractivity contribution in [3.63, 3.8) is 0 Å². The van der Waals surface area contributed by atoms with Crippen LogP contribution in [0.2, 0.25) is 0 Å². The standard InChI is InChI=1S/C15H12FNO3/c1-20-15(19)12-9-5-8-11(13(12)16)14(18)17-10-6-3-2-4-7-10/h2-9H,1H3,(H,17,18). The van der Waals surface area contributed by atoms with E-state index in [1.807, 2.05) is 0 Å². The predicted octanol–water partition coefficient (Wildman–Crippen LogP) is 2.86. The number of benzene rings is 2. The average Bonchev–Trinajstić information content (AvgIpc) is 2.47. The lowest BCUT2D eigenvalue weighted by Crippen LogP contribution is -2.16. The summed E-state index contributed by atoms with van der Waals surface area (Å²) < 4.78 is 18.6. The molecule has 1 amide bonds. The number of amides is 1. The summed E-state index contributed by atoms with van der Waals surface area (Å²) in [4.78, 5) is 23.4. The molecule has 0 saturated heterocycles. The summed E-state index contributed by atoms with van der Waals surface area (Å²) in [5, 5.41) is 2.55. The van der Waals surface area contributed by atoms with Gasteiger partial charge in [0, 0.05) is 5.69 Å². The quantitative estimate of drug-likeness (QED) is 0.875. The number of hydrogen-bond donors (Lipinski definition) is 1. The molecule has 0 atom stereocenters. The van der Waals surface area contributed by atoms with Gasteiger partial charge in [0.15, 0.2) is 0 Å². The van der Waals surface area contributed by atoms with E-state index in [1.54, 1.807) is 30.3 Å². The lowest BCUT2D eigenvalue weighted by Gasteiger charge is -2.08. The summed E-state index contributed by atoms with van der Waals surface area (Å²) in [7, 11) is 1.15. The fraction of sp³-hybridized carbons (Fsp3) is 0.0667. The molecule has 0 aromatic heterocycles. The molecule has 4 nitrogen and oxygen atoms in total. The fourth-order valence-corrected chi connectivity index (χ4v) is 1.69. The van der Waals surface area contributed by atoms with Crippen molar-refractivity contribution in [1.82, 2.24) is 0 Å². The van der Waals surface area contributed by atoms with Crippen molar-refractivity contribution in [3.05, 3.63) is 65.5 Å². The Hall–Kier alpha value is -2.69. The van der Waals surface area contributed by atoms with Gasteiger partial charge < -0.3 is 10.1 Å². The van der Waals surface area contributed by atoms with E-state index in [-0.39, 0.29) is 11.1 Å². The van der Waals surface area contributed by atoms with Crippen molar-refractivity contribution < 1.29 is 18.7 Å². The molecule has 0 spiro atoms. The van der Waals surface area contributed by atoms with Crippen molar-refractivity contribution in [1.29, 1.82) is 0 Å². The Balaban J connectivity index is 2.29. The number of nitrogens with one attached hydrogen (secondary N) is 1. The van der Waals surface area contributed by atoms with Gasteiger partial charge in [-0.15, -0.1) is 0 Å². The summed E-state index contributed by atoms with van der Waals surface area (Å²) in [6.45, 7) is 0. The number of carbonyl (C=O) groups is 2. The Bertz CT molecular complexity index is 641. The first kappa shape index (κ1) is 13.7. The zero-order valence-electron chi connectivity index (χ0n) is 10.7. The van der Waals surface area contributed by atoms with E-state index in [1.165, 1.54) is 18.2 Å². The molecule has 0 aliphatic heterocycles. The van der Waals surface area contributed by atoms with Gasteiger partial charge in [-0.25, -0.2) is 9.18 Å². The van der Waals surface area contributed by atoms with Crippen LogP contribution in [0.15, 0.2) is 48.5 Å². The number of ether oxygens (including phenoxy) is 1. The SMILES string of the molecule is COC(=O)c1cccc(C(=O)Nc2ccccc2)c1F. The van der Waals surface area contributed by atoms with Crippen molar-refractivity contribution in [2.24, 2.45) is 0 Å². The van der Waals surface area contributed by atoms with E-state index >= 15 is 0 Å². The first-order valence-corrected chi connectivity index (χ1v) is 5.86. The average molecular weight is 273 g/mol. The molecule has 2 aromatic carbocycles. The molecule has 102 valence electrons. The number of halogens is 1. The van der Waals surface area contributed by atoms with Crippen molar-refractivity contribution >= 4 is 17.6 Å². The van der Waals surface area contributed by atoms with E-state index in [0.29, 0.717) is 5.69 Å². The fourth-order valence-electron chi connectivity index (χ4n) is 1.69. The maximum Gasteiger partial charge on any atom is 0.340 e. The zero-order valence-corrected chi connectivity index (χ0v) is 10.7. The van der Waals surface area contributed by atoms with Crippen molar-refractivity contribution in [3.8, 4) is 0 Å². The second kappa shape index (κ2) is 5.97. The van der Waals surface area contributed by atoms with Gasteiger partial charge >= 0.3 is 5.97 Å². The molecule has 0 saturated carbocycles.